The van der Waals surface area contributed by atoms with Gasteiger partial charge in [-0.2, -0.15) is 0 Å². The molecule has 0 radical (unpaired) electrons. The monoisotopic (exact) mass is 228 g/mol. The van der Waals surface area contributed by atoms with Crippen molar-refractivity contribution < 1.29 is 10.3 Å². The maximum Gasteiger partial charge on any atom is 0.268 e. The average Bonchev–Trinajstić information content (AvgIpc) is 2.54. The van der Waals surface area contributed by atoms with Gasteiger partial charge in [0.25, 0.3) is 5.91 Å². The highest BCUT2D eigenvalue weighted by molar-refractivity contribution is 5.93. The second-order valence-corrected chi connectivity index (χ2v) is 3.00. The molecule has 0 saturated carbocycles. The van der Waals surface area contributed by atoms with Gasteiger partial charge in [-0.3, -0.25) is 9.79 Å². The summed E-state index contributed by atoms with van der Waals surface area (Å²) in [5, 5.41) is 1.90. The van der Waals surface area contributed by atoms with Crippen LogP contribution in [0.1, 0.15) is 16.0 Å². The van der Waals surface area contributed by atoms with Crippen LogP contribution >= 0.6 is 0 Å². The summed E-state index contributed by atoms with van der Waals surface area (Å²) in [4.78, 5) is 15.1. The minimum absolute atomic E-state index is 0.0758. The Morgan fingerprint density at radius 2 is 2.38 bits per heavy atom. The van der Waals surface area contributed by atoms with Crippen molar-refractivity contribution in [3.8, 4) is 0 Å². The summed E-state index contributed by atoms with van der Waals surface area (Å²) in [7, 11) is 1.55. The van der Waals surface area contributed by atoms with E-state index in [1.165, 1.54) is 16.8 Å². The van der Waals surface area contributed by atoms with Crippen molar-refractivity contribution in [1.29, 1.82) is 0 Å². The Kier molecular flexibility index (Phi) is 2.26. The molecule has 88 valence electrons. The third-order valence-electron chi connectivity index (χ3n) is 1.68. The van der Waals surface area contributed by atoms with E-state index in [9.17, 15) is 4.79 Å². The molecule has 7 N–H and O–H groups in total. The van der Waals surface area contributed by atoms with E-state index in [0.717, 1.165) is 0 Å². The Morgan fingerprint density at radius 3 is 2.88 bits per heavy atom. The first kappa shape index (κ1) is 7.15. The van der Waals surface area contributed by atoms with Gasteiger partial charge < -0.3 is 27.1 Å². The van der Waals surface area contributed by atoms with Gasteiger partial charge in [0.15, 0.2) is 5.96 Å². The highest BCUT2D eigenvalue weighted by Gasteiger charge is 2.09. The molecule has 0 spiro atoms. The number of rotatable bonds is 4. The fourth-order valence-corrected chi connectivity index (χ4v) is 1.06. The van der Waals surface area contributed by atoms with Gasteiger partial charge in [-0.25, -0.2) is 0 Å². The van der Waals surface area contributed by atoms with Crippen LogP contribution in [0.15, 0.2) is 17.3 Å². The third-order valence-corrected chi connectivity index (χ3v) is 1.68. The van der Waals surface area contributed by atoms with Crippen LogP contribution in [0, 0.1) is 0 Å². The lowest BCUT2D eigenvalue weighted by atomic mass is 10.4. The van der Waals surface area contributed by atoms with Gasteiger partial charge in [0.2, 0.25) is 0 Å². The van der Waals surface area contributed by atoms with Gasteiger partial charge in [0.1, 0.15) is 5.69 Å². The van der Waals surface area contributed by atoms with Crippen LogP contribution in [0.3, 0.4) is 0 Å². The molecular weight excluding hydrogens is 208 g/mol. The van der Waals surface area contributed by atoms with Crippen molar-refractivity contribution in [3.63, 3.8) is 0 Å². The van der Waals surface area contributed by atoms with Crippen molar-refractivity contribution in [2.75, 3.05) is 18.7 Å². The highest BCUT2D eigenvalue weighted by Crippen LogP contribution is 2.07. The van der Waals surface area contributed by atoms with Crippen molar-refractivity contribution in [2.24, 2.45) is 23.5 Å². The number of amides is 1. The van der Waals surface area contributed by atoms with E-state index in [1.54, 1.807) is 7.05 Å². The van der Waals surface area contributed by atoms with Gasteiger partial charge in [0.05, 0.1) is 17.7 Å². The molecule has 0 unspecified atom stereocenters. The molecule has 1 aromatic rings. The first-order chi connectivity index (χ1) is 8.96. The number of aromatic nitrogens is 1. The van der Waals surface area contributed by atoms with Crippen molar-refractivity contribution in [3.05, 3.63) is 18.0 Å². The molecule has 0 fully saturated rings. The number of guanidine groups is 1. The van der Waals surface area contributed by atoms with Gasteiger partial charge in [-0.1, -0.05) is 0 Å². The normalized spacial score (nSPS) is 15.3. The number of hydrogen-bond acceptors (Lipinski definition) is 3. The molecule has 1 heterocycles. The topological polar surface area (TPSA) is 124 Å². The maximum absolute atomic E-state index is 11.9. The number of anilines is 1. The fourth-order valence-electron chi connectivity index (χ4n) is 1.06. The Balaban J connectivity index is 2.99. The molecule has 0 atom stereocenters. The second kappa shape index (κ2) is 5.06. The number of aliphatic imine (C=N–C) groups is 1. The van der Waals surface area contributed by atoms with Crippen LogP contribution in [-0.4, -0.2) is 29.4 Å². The molecule has 0 saturated heterocycles. The van der Waals surface area contributed by atoms with E-state index in [4.69, 9.17) is 22.7 Å². The largest absolute Gasteiger partial charge is 0.397 e. The van der Waals surface area contributed by atoms with Crippen molar-refractivity contribution in [2.45, 2.75) is 0 Å². The van der Waals surface area contributed by atoms with Crippen LogP contribution in [-0.2, 0) is 7.05 Å². The minimum atomic E-state index is -2.82. The summed E-state index contributed by atoms with van der Waals surface area (Å²) >= 11 is 0. The number of carbonyl (C=O) groups excluding carboxylic acids is 1. The smallest absolute Gasteiger partial charge is 0.268 e. The van der Waals surface area contributed by atoms with Gasteiger partial charge in [-0.05, 0) is 6.07 Å². The number of nitrogens with zero attached hydrogens (tertiary/aromatic N) is 2. The van der Waals surface area contributed by atoms with Crippen LogP contribution in [0.5, 0.6) is 0 Å². The molecule has 0 aliphatic carbocycles. The Bertz CT molecular complexity index is 549. The van der Waals surface area contributed by atoms with Crippen LogP contribution in [0.25, 0.3) is 0 Å². The van der Waals surface area contributed by atoms with E-state index >= 15 is 0 Å². The SMILES string of the molecule is [2H]C([2H])(N=C(N)N)C([2H])([2H])NC(=O)c1cc(N)cn1C. The zero-order valence-corrected chi connectivity index (χ0v) is 8.69. The minimum Gasteiger partial charge on any atom is -0.397 e. The fraction of sp³-hybridized carbons (Fsp3) is 0.333. The van der Waals surface area contributed by atoms with Crippen molar-refractivity contribution >= 4 is 17.6 Å². The summed E-state index contributed by atoms with van der Waals surface area (Å²) in [6.45, 7) is -5.63. The molecule has 0 aliphatic heterocycles. The molecule has 1 aromatic heterocycles. The van der Waals surface area contributed by atoms with Gasteiger partial charge in [0, 0.05) is 19.7 Å². The first-order valence-corrected chi connectivity index (χ1v) is 4.31. The predicted molar refractivity (Wildman–Crippen MR) is 62.8 cm³/mol. The lowest BCUT2D eigenvalue weighted by Gasteiger charge is -2.04. The molecule has 16 heavy (non-hydrogen) atoms. The maximum atomic E-state index is 11.9. The lowest BCUT2D eigenvalue weighted by Crippen LogP contribution is -2.29. The number of nitrogens with two attached hydrogens (primary N) is 3. The zero-order valence-electron chi connectivity index (χ0n) is 12.7. The molecule has 0 bridgehead atoms. The number of hydrogen-bond donors (Lipinski definition) is 4. The van der Waals surface area contributed by atoms with Crippen LogP contribution in [0.4, 0.5) is 5.69 Å². The number of carbonyl (C=O) groups is 1. The molecule has 7 heteroatoms. The number of nitrogen functional groups attached to an aromatic ring is 1. The average molecular weight is 228 g/mol. The predicted octanol–water partition coefficient (Wildman–Crippen LogP) is -1.39. The lowest BCUT2D eigenvalue weighted by molar-refractivity contribution is 0.0946. The summed E-state index contributed by atoms with van der Waals surface area (Å²) in [6.07, 6.45) is 1.47. The molecule has 1 rings (SSSR count). The van der Waals surface area contributed by atoms with Gasteiger partial charge in [-0.15, -0.1) is 0 Å². The summed E-state index contributed by atoms with van der Waals surface area (Å²) < 4.78 is 31.5. The number of nitrogens with one attached hydrogen (secondary N) is 1. The van der Waals surface area contributed by atoms with Crippen LogP contribution in [0.2, 0.25) is 0 Å². The van der Waals surface area contributed by atoms with E-state index in [-0.39, 0.29) is 5.69 Å². The van der Waals surface area contributed by atoms with E-state index in [0.29, 0.717) is 5.69 Å². The van der Waals surface area contributed by atoms with E-state index in [2.05, 4.69) is 4.99 Å². The van der Waals surface area contributed by atoms with Crippen LogP contribution < -0.4 is 22.5 Å². The first-order valence-electron chi connectivity index (χ1n) is 6.31. The molecule has 7 nitrogen and oxygen atoms in total. The molecule has 1 amide bonds. The Hall–Kier alpha value is -2.18. The van der Waals surface area contributed by atoms with Crippen molar-refractivity contribution in [1.82, 2.24) is 9.88 Å². The Labute approximate surface area is 98.9 Å². The summed E-state index contributed by atoms with van der Waals surface area (Å²) in [6, 6.07) is 1.33. The standard InChI is InChI=1S/C9H16N6O/c1-15-5-6(10)4-7(15)8(16)13-2-3-14-9(11)12/h4-5H,2-3,10H2,1H3,(H,13,16)(H4,11,12,14)/i2D2,3D2. The van der Waals surface area contributed by atoms with E-state index in [1.807, 2.05) is 5.32 Å². The third kappa shape index (κ3) is 3.19. The van der Waals surface area contributed by atoms with Gasteiger partial charge >= 0.3 is 0 Å². The molecule has 0 aliphatic rings. The summed E-state index contributed by atoms with van der Waals surface area (Å²) in [5.41, 5.74) is 16.0. The molecule has 0 aromatic carbocycles. The molecular formula is C9H16N6O. The number of aryl methyl sites for hydroxylation is 1. The zero-order chi connectivity index (χ0) is 15.7. The second-order valence-electron chi connectivity index (χ2n) is 3.00. The summed E-state index contributed by atoms with van der Waals surface area (Å²) in [5.74, 6) is -1.47. The Morgan fingerprint density at radius 1 is 1.69 bits per heavy atom. The van der Waals surface area contributed by atoms with E-state index < -0.39 is 24.9 Å². The quantitative estimate of drug-likeness (QED) is 0.374. The highest BCUT2D eigenvalue weighted by atomic mass is 16.1.